The van der Waals surface area contributed by atoms with E-state index in [0.29, 0.717) is 5.56 Å². The van der Waals surface area contributed by atoms with Crippen molar-refractivity contribution in [3.05, 3.63) is 46.4 Å². The number of hydrogen-bond acceptors (Lipinski definition) is 5. The lowest BCUT2D eigenvalue weighted by Crippen LogP contribution is -2.32. The summed E-state index contributed by atoms with van der Waals surface area (Å²) in [6, 6.07) is 6.83. The average Bonchev–Trinajstić information content (AvgIpc) is 3.06. The molecule has 1 aliphatic rings. The normalized spacial score (nSPS) is 15.7. The van der Waals surface area contributed by atoms with Crippen LogP contribution in [0.1, 0.15) is 35.2 Å². The lowest BCUT2D eigenvalue weighted by molar-refractivity contribution is -0.122. The van der Waals surface area contributed by atoms with E-state index in [2.05, 4.69) is 5.32 Å². The molecular formula is C16H19NO5S2. The molecule has 1 atom stereocenters. The van der Waals surface area contributed by atoms with E-state index < -0.39 is 21.8 Å². The lowest BCUT2D eigenvalue weighted by atomic mass is 9.98. The summed E-state index contributed by atoms with van der Waals surface area (Å²) < 4.78 is 29.9. The zero-order valence-corrected chi connectivity index (χ0v) is 14.8. The van der Waals surface area contributed by atoms with Crippen LogP contribution in [0.3, 0.4) is 0 Å². The quantitative estimate of drug-likeness (QED) is 0.563. The fraction of sp³-hybridized carbons (Fsp3) is 0.375. The van der Waals surface area contributed by atoms with Crippen molar-refractivity contribution in [3.63, 3.8) is 0 Å². The van der Waals surface area contributed by atoms with Crippen molar-refractivity contribution in [1.29, 1.82) is 0 Å². The third kappa shape index (κ3) is 5.19. The third-order valence-electron chi connectivity index (χ3n) is 3.65. The van der Waals surface area contributed by atoms with Crippen LogP contribution in [0.2, 0.25) is 0 Å². The number of Topliss-reactive ketones (excluding diaryl/α,β-unsaturated/α-hetero) is 1. The van der Waals surface area contributed by atoms with Gasteiger partial charge in [-0.05, 0) is 18.9 Å². The molecule has 24 heavy (non-hydrogen) atoms. The van der Waals surface area contributed by atoms with Gasteiger partial charge >= 0.3 is 0 Å². The Morgan fingerprint density at radius 1 is 1.29 bits per heavy atom. The number of ketones is 1. The summed E-state index contributed by atoms with van der Waals surface area (Å²) in [5, 5.41) is 2.46. The van der Waals surface area contributed by atoms with E-state index in [0.717, 1.165) is 22.6 Å². The lowest BCUT2D eigenvalue weighted by Gasteiger charge is -2.12. The van der Waals surface area contributed by atoms with E-state index in [1.807, 2.05) is 6.08 Å². The Hall–Kier alpha value is -1.64. The second-order valence-corrected chi connectivity index (χ2v) is 8.16. The number of thioether (sulfide) groups is 1. The molecule has 6 nitrogen and oxygen atoms in total. The van der Waals surface area contributed by atoms with Crippen molar-refractivity contribution >= 4 is 33.6 Å². The van der Waals surface area contributed by atoms with E-state index >= 15 is 0 Å². The molecule has 0 saturated heterocycles. The highest BCUT2D eigenvalue weighted by molar-refractivity contribution is 8.04. The van der Waals surface area contributed by atoms with Gasteiger partial charge in [-0.3, -0.25) is 14.1 Å². The van der Waals surface area contributed by atoms with Crippen molar-refractivity contribution in [2.45, 2.75) is 19.3 Å². The second kappa shape index (κ2) is 7.96. The van der Waals surface area contributed by atoms with E-state index in [1.54, 1.807) is 43.0 Å². The molecule has 1 aromatic rings. The van der Waals surface area contributed by atoms with Gasteiger partial charge in [0.15, 0.2) is 5.78 Å². The van der Waals surface area contributed by atoms with Crippen LogP contribution in [-0.2, 0) is 14.9 Å². The fourth-order valence-electron chi connectivity index (χ4n) is 2.25. The molecule has 1 amide bonds. The zero-order chi connectivity index (χ0) is 17.7. The van der Waals surface area contributed by atoms with E-state index in [9.17, 15) is 18.0 Å². The fourth-order valence-corrected chi connectivity index (χ4v) is 3.55. The summed E-state index contributed by atoms with van der Waals surface area (Å²) in [7, 11) is -4.09. The molecule has 0 fully saturated rings. The van der Waals surface area contributed by atoms with Crippen molar-refractivity contribution in [2.24, 2.45) is 0 Å². The first-order chi connectivity index (χ1) is 11.3. The molecular weight excluding hydrogens is 350 g/mol. The Labute approximate surface area is 145 Å². The first kappa shape index (κ1) is 18.7. The number of rotatable bonds is 7. The van der Waals surface area contributed by atoms with Gasteiger partial charge in [0, 0.05) is 17.9 Å². The van der Waals surface area contributed by atoms with Crippen molar-refractivity contribution in [1.82, 2.24) is 5.32 Å². The molecule has 0 aromatic heterocycles. The highest BCUT2D eigenvalue weighted by Crippen LogP contribution is 2.28. The van der Waals surface area contributed by atoms with E-state index in [4.69, 9.17) is 4.55 Å². The molecule has 0 spiro atoms. The maximum Gasteiger partial charge on any atom is 0.266 e. The Morgan fingerprint density at radius 3 is 2.50 bits per heavy atom. The summed E-state index contributed by atoms with van der Waals surface area (Å²) in [4.78, 5) is 25.0. The third-order valence-corrected chi connectivity index (χ3v) is 5.48. The molecule has 1 aliphatic heterocycles. The standard InChI is InChI=1S/C16H19NO5S2/c1-11(16(19)17-8-10-24(20,21)22)12-4-6-13(7-5-12)15(18)14-3-2-9-23-14/h3-7,11H,2,8-10H2,1H3,(H,17,19)(H,20,21,22). The SMILES string of the molecule is CC(C(=O)NCCS(=O)(=O)O)c1ccc(C(=O)C2=CCCS2)cc1. The smallest absolute Gasteiger partial charge is 0.266 e. The molecule has 0 aliphatic carbocycles. The molecule has 1 aromatic carbocycles. The number of amides is 1. The zero-order valence-electron chi connectivity index (χ0n) is 13.2. The average molecular weight is 369 g/mol. The van der Waals surface area contributed by atoms with Gasteiger partial charge in [-0.2, -0.15) is 8.42 Å². The van der Waals surface area contributed by atoms with Crippen LogP contribution in [0.25, 0.3) is 0 Å². The van der Waals surface area contributed by atoms with Crippen LogP contribution in [0.15, 0.2) is 35.2 Å². The van der Waals surface area contributed by atoms with Gasteiger partial charge in [0.25, 0.3) is 10.1 Å². The molecule has 130 valence electrons. The Bertz CT molecular complexity index is 753. The Morgan fingerprint density at radius 2 is 1.96 bits per heavy atom. The summed E-state index contributed by atoms with van der Waals surface area (Å²) in [6.45, 7) is 1.54. The first-order valence-corrected chi connectivity index (χ1v) is 10.1. The van der Waals surface area contributed by atoms with Gasteiger partial charge in [0.1, 0.15) is 0 Å². The Balaban J connectivity index is 1.96. The van der Waals surface area contributed by atoms with Gasteiger partial charge in [-0.15, -0.1) is 11.8 Å². The minimum atomic E-state index is -4.09. The van der Waals surface area contributed by atoms with Crippen molar-refractivity contribution in [2.75, 3.05) is 18.1 Å². The van der Waals surface area contributed by atoms with Crippen molar-refractivity contribution < 1.29 is 22.6 Å². The predicted molar refractivity (Wildman–Crippen MR) is 93.8 cm³/mol. The van der Waals surface area contributed by atoms with Gasteiger partial charge in [-0.1, -0.05) is 30.3 Å². The van der Waals surface area contributed by atoms with Crippen LogP contribution < -0.4 is 5.32 Å². The molecule has 2 N–H and O–H groups in total. The summed E-state index contributed by atoms with van der Waals surface area (Å²) >= 11 is 1.55. The molecule has 2 rings (SSSR count). The van der Waals surface area contributed by atoms with Crippen LogP contribution in [-0.4, -0.2) is 42.7 Å². The van der Waals surface area contributed by atoms with Crippen LogP contribution in [0, 0.1) is 0 Å². The monoisotopic (exact) mass is 369 g/mol. The molecule has 0 radical (unpaired) electrons. The topological polar surface area (TPSA) is 101 Å². The molecule has 0 saturated carbocycles. The molecule has 1 heterocycles. The maximum absolute atomic E-state index is 12.2. The second-order valence-electron chi connectivity index (χ2n) is 5.46. The number of carbonyl (C=O) groups is 2. The van der Waals surface area contributed by atoms with Gasteiger partial charge in [0.2, 0.25) is 5.91 Å². The Kier molecular flexibility index (Phi) is 6.20. The van der Waals surface area contributed by atoms with E-state index in [1.165, 1.54) is 0 Å². The highest BCUT2D eigenvalue weighted by atomic mass is 32.2. The van der Waals surface area contributed by atoms with Gasteiger partial charge in [0.05, 0.1) is 16.6 Å². The van der Waals surface area contributed by atoms with Gasteiger partial charge < -0.3 is 5.32 Å². The maximum atomic E-state index is 12.2. The molecule has 1 unspecified atom stereocenters. The summed E-state index contributed by atoms with van der Waals surface area (Å²) in [5.74, 6) is -0.428. The molecule has 8 heteroatoms. The highest BCUT2D eigenvalue weighted by Gasteiger charge is 2.19. The number of benzene rings is 1. The number of allylic oxidation sites excluding steroid dienone is 2. The summed E-state index contributed by atoms with van der Waals surface area (Å²) in [6.07, 6.45) is 2.84. The van der Waals surface area contributed by atoms with E-state index in [-0.39, 0.29) is 18.2 Å². The molecule has 0 bridgehead atoms. The summed E-state index contributed by atoms with van der Waals surface area (Å²) in [5.41, 5.74) is 1.31. The van der Waals surface area contributed by atoms with Crippen LogP contribution in [0.5, 0.6) is 0 Å². The minimum absolute atomic E-state index is 0.00527. The largest absolute Gasteiger partial charge is 0.354 e. The van der Waals surface area contributed by atoms with Crippen LogP contribution in [0.4, 0.5) is 0 Å². The van der Waals surface area contributed by atoms with Crippen molar-refractivity contribution in [3.8, 4) is 0 Å². The first-order valence-electron chi connectivity index (χ1n) is 7.48. The minimum Gasteiger partial charge on any atom is -0.354 e. The van der Waals surface area contributed by atoms with Gasteiger partial charge in [-0.25, -0.2) is 0 Å². The number of hydrogen-bond donors (Lipinski definition) is 2. The van der Waals surface area contributed by atoms with Crippen LogP contribution >= 0.6 is 11.8 Å². The predicted octanol–water partition coefficient (Wildman–Crippen LogP) is 2.00. The number of nitrogens with one attached hydrogen (secondary N) is 1. The number of carbonyl (C=O) groups excluding carboxylic acids is 2.